The van der Waals surface area contributed by atoms with E-state index in [9.17, 15) is 18.0 Å². The number of methoxy groups -OCH3 is 1. The Morgan fingerprint density at radius 3 is 2.50 bits per heavy atom. The molecule has 0 bridgehead atoms. The van der Waals surface area contributed by atoms with E-state index < -0.39 is 18.0 Å². The summed E-state index contributed by atoms with van der Waals surface area (Å²) in [5.74, 6) is -2.07. The van der Waals surface area contributed by atoms with E-state index >= 15 is 0 Å². The van der Waals surface area contributed by atoms with Gasteiger partial charge in [0.1, 0.15) is 0 Å². The molecule has 0 aliphatic carbocycles. The smallest absolute Gasteiger partial charge is 0.393 e. The van der Waals surface area contributed by atoms with Gasteiger partial charge in [0, 0.05) is 12.6 Å². The van der Waals surface area contributed by atoms with E-state index in [2.05, 4.69) is 4.74 Å². The van der Waals surface area contributed by atoms with Gasteiger partial charge in [0.05, 0.1) is 18.9 Å². The quantitative estimate of drug-likeness (QED) is 0.736. The Hall–Kier alpha value is -0.780. The molecule has 1 saturated heterocycles. The topological polar surface area (TPSA) is 29.5 Å². The monoisotopic (exact) mass is 267 g/mol. The van der Waals surface area contributed by atoms with E-state index in [1.807, 2.05) is 0 Å². The Labute approximate surface area is 105 Å². The van der Waals surface area contributed by atoms with Gasteiger partial charge in [-0.1, -0.05) is 6.92 Å². The molecular weight excluding hydrogens is 247 g/mol. The van der Waals surface area contributed by atoms with E-state index in [0.29, 0.717) is 13.0 Å². The molecule has 1 aliphatic heterocycles. The van der Waals surface area contributed by atoms with Crippen LogP contribution in [0.5, 0.6) is 0 Å². The van der Waals surface area contributed by atoms with Crippen molar-refractivity contribution in [1.29, 1.82) is 0 Å². The molecule has 0 N–H and O–H groups in total. The molecule has 0 spiro atoms. The number of hydrogen-bond acceptors (Lipinski definition) is 3. The van der Waals surface area contributed by atoms with Crippen molar-refractivity contribution in [3.05, 3.63) is 0 Å². The van der Waals surface area contributed by atoms with Gasteiger partial charge < -0.3 is 4.74 Å². The lowest BCUT2D eigenvalue weighted by Crippen LogP contribution is -2.49. The minimum absolute atomic E-state index is 0.0218. The van der Waals surface area contributed by atoms with Crippen LogP contribution < -0.4 is 0 Å². The molecule has 6 heteroatoms. The maximum Gasteiger partial charge on any atom is 0.393 e. The average molecular weight is 267 g/mol. The fourth-order valence-corrected chi connectivity index (χ4v) is 2.34. The number of rotatable bonds is 3. The van der Waals surface area contributed by atoms with E-state index in [4.69, 9.17) is 0 Å². The molecule has 1 rings (SSSR count). The van der Waals surface area contributed by atoms with E-state index in [1.54, 1.807) is 18.7 Å². The number of hydrogen-bond donors (Lipinski definition) is 0. The molecule has 0 aromatic heterocycles. The number of alkyl halides is 3. The Balaban J connectivity index is 2.63. The Bertz CT molecular complexity index is 294. The first-order chi connectivity index (χ1) is 8.27. The molecule has 1 fully saturated rings. The summed E-state index contributed by atoms with van der Waals surface area (Å²) in [7, 11) is 1.29. The van der Waals surface area contributed by atoms with Crippen molar-refractivity contribution in [3.63, 3.8) is 0 Å². The summed E-state index contributed by atoms with van der Waals surface area (Å²) < 4.78 is 42.7. The van der Waals surface area contributed by atoms with Crippen LogP contribution in [-0.4, -0.2) is 43.3 Å². The van der Waals surface area contributed by atoms with Crippen molar-refractivity contribution in [3.8, 4) is 0 Å². The third-order valence-electron chi connectivity index (χ3n) is 3.79. The second-order valence-corrected chi connectivity index (χ2v) is 4.93. The number of piperidine rings is 1. The highest BCUT2D eigenvalue weighted by atomic mass is 19.4. The number of carbonyl (C=O) groups is 1. The molecule has 0 amide bonds. The maximum absolute atomic E-state index is 12.7. The van der Waals surface area contributed by atoms with Crippen LogP contribution in [0.15, 0.2) is 0 Å². The normalized spacial score (nSPS) is 25.6. The summed E-state index contributed by atoms with van der Waals surface area (Å²) >= 11 is 0. The third-order valence-corrected chi connectivity index (χ3v) is 3.79. The number of ether oxygens (including phenoxy) is 1. The second-order valence-electron chi connectivity index (χ2n) is 4.93. The van der Waals surface area contributed by atoms with Crippen molar-refractivity contribution >= 4 is 5.97 Å². The van der Waals surface area contributed by atoms with Crippen LogP contribution in [0.3, 0.4) is 0 Å². The molecular formula is C12H20F3NO2. The first-order valence-electron chi connectivity index (χ1n) is 6.16. The summed E-state index contributed by atoms with van der Waals surface area (Å²) in [4.78, 5) is 13.1. The minimum Gasteiger partial charge on any atom is -0.469 e. The number of likely N-dealkylation sites (tertiary alicyclic amines) is 1. The Morgan fingerprint density at radius 2 is 2.00 bits per heavy atom. The van der Waals surface area contributed by atoms with Crippen molar-refractivity contribution in [2.24, 2.45) is 11.8 Å². The molecule has 1 aliphatic rings. The van der Waals surface area contributed by atoms with Gasteiger partial charge >= 0.3 is 12.1 Å². The van der Waals surface area contributed by atoms with Gasteiger partial charge in [-0.2, -0.15) is 13.2 Å². The van der Waals surface area contributed by atoms with Gasteiger partial charge in [-0.25, -0.2) is 0 Å². The van der Waals surface area contributed by atoms with Crippen LogP contribution in [-0.2, 0) is 9.53 Å². The number of esters is 1. The van der Waals surface area contributed by atoms with Crippen LogP contribution in [0.4, 0.5) is 13.2 Å². The maximum atomic E-state index is 12.7. The van der Waals surface area contributed by atoms with Crippen LogP contribution >= 0.6 is 0 Å². The lowest BCUT2D eigenvalue weighted by Gasteiger charge is -2.39. The van der Waals surface area contributed by atoms with Crippen LogP contribution in [0.2, 0.25) is 0 Å². The van der Waals surface area contributed by atoms with E-state index in [-0.39, 0.29) is 25.0 Å². The zero-order valence-corrected chi connectivity index (χ0v) is 11.0. The fraction of sp³-hybridized carbons (Fsp3) is 0.917. The van der Waals surface area contributed by atoms with Crippen molar-refractivity contribution in [2.75, 3.05) is 20.2 Å². The Morgan fingerprint density at radius 1 is 1.39 bits per heavy atom. The molecule has 1 heterocycles. The molecule has 106 valence electrons. The second kappa shape index (κ2) is 5.91. The number of halogens is 3. The lowest BCUT2D eigenvalue weighted by atomic mass is 9.93. The highest BCUT2D eigenvalue weighted by molar-refractivity contribution is 5.72. The van der Waals surface area contributed by atoms with E-state index in [0.717, 1.165) is 0 Å². The predicted molar refractivity (Wildman–Crippen MR) is 61.0 cm³/mol. The molecule has 0 aromatic carbocycles. The summed E-state index contributed by atoms with van der Waals surface area (Å²) in [6, 6.07) is -0.234. The fourth-order valence-electron chi connectivity index (χ4n) is 2.34. The van der Waals surface area contributed by atoms with Gasteiger partial charge in [-0.15, -0.1) is 0 Å². The van der Waals surface area contributed by atoms with Crippen molar-refractivity contribution in [1.82, 2.24) is 4.90 Å². The third kappa shape index (κ3) is 3.60. The number of nitrogens with zero attached hydrogens (tertiary/aromatic N) is 1. The first-order valence-corrected chi connectivity index (χ1v) is 6.16. The molecule has 3 atom stereocenters. The highest BCUT2D eigenvalue weighted by Crippen LogP contribution is 2.34. The summed E-state index contributed by atoms with van der Waals surface area (Å²) in [6.45, 7) is 4.05. The molecule has 0 saturated carbocycles. The van der Waals surface area contributed by atoms with Crippen LogP contribution in [0.1, 0.15) is 26.7 Å². The zero-order chi connectivity index (χ0) is 13.9. The summed E-state index contributed by atoms with van der Waals surface area (Å²) in [5.41, 5.74) is 0. The lowest BCUT2D eigenvalue weighted by molar-refractivity contribution is -0.189. The van der Waals surface area contributed by atoms with Gasteiger partial charge in [0.2, 0.25) is 0 Å². The number of carbonyl (C=O) groups excluding carboxylic acids is 1. The van der Waals surface area contributed by atoms with Crippen molar-refractivity contribution in [2.45, 2.75) is 38.9 Å². The van der Waals surface area contributed by atoms with Crippen molar-refractivity contribution < 1.29 is 22.7 Å². The van der Waals surface area contributed by atoms with Gasteiger partial charge in [-0.05, 0) is 26.3 Å². The van der Waals surface area contributed by atoms with E-state index in [1.165, 1.54) is 7.11 Å². The summed E-state index contributed by atoms with van der Waals surface area (Å²) in [5, 5.41) is 0. The minimum atomic E-state index is -4.15. The van der Waals surface area contributed by atoms with Crippen LogP contribution in [0.25, 0.3) is 0 Å². The predicted octanol–water partition coefficient (Wildman–Crippen LogP) is 2.46. The molecule has 3 nitrogen and oxygen atoms in total. The van der Waals surface area contributed by atoms with Gasteiger partial charge in [-0.3, -0.25) is 9.69 Å². The standard InChI is InChI=1S/C12H20F3NO2/c1-8(11(17)18-3)9(2)16-6-4-5-10(7-16)12(13,14)15/h8-10H,4-7H2,1-3H3. The van der Waals surface area contributed by atoms with Crippen LogP contribution in [0, 0.1) is 11.8 Å². The zero-order valence-electron chi connectivity index (χ0n) is 11.0. The largest absolute Gasteiger partial charge is 0.469 e. The Kier molecular flexibility index (Phi) is 5.01. The molecule has 0 radical (unpaired) electrons. The van der Waals surface area contributed by atoms with Gasteiger partial charge in [0.25, 0.3) is 0 Å². The van der Waals surface area contributed by atoms with Gasteiger partial charge in [0.15, 0.2) is 0 Å². The SMILES string of the molecule is COC(=O)C(C)C(C)N1CCCC(C(F)(F)F)C1. The summed E-state index contributed by atoms with van der Waals surface area (Å²) in [6.07, 6.45) is -3.45. The highest BCUT2D eigenvalue weighted by Gasteiger charge is 2.43. The average Bonchev–Trinajstić information content (AvgIpc) is 2.35. The first kappa shape index (κ1) is 15.3. The molecule has 3 unspecified atom stereocenters. The molecule has 18 heavy (non-hydrogen) atoms. The molecule has 0 aromatic rings.